The lowest BCUT2D eigenvalue weighted by Crippen LogP contribution is -2.42. The van der Waals surface area contributed by atoms with Gasteiger partial charge in [0.2, 0.25) is 5.91 Å². The van der Waals surface area contributed by atoms with Crippen molar-refractivity contribution in [3.05, 3.63) is 35.6 Å². The number of amides is 2. The summed E-state index contributed by atoms with van der Waals surface area (Å²) in [4.78, 5) is 22.8. The number of aliphatic hydroxyl groups is 1. The molecule has 0 fully saturated rings. The summed E-state index contributed by atoms with van der Waals surface area (Å²) < 4.78 is 13.2. The highest BCUT2D eigenvalue weighted by molar-refractivity contribution is 5.96. The zero-order chi connectivity index (χ0) is 13.5. The van der Waals surface area contributed by atoms with Gasteiger partial charge in [0.15, 0.2) is 0 Å². The Morgan fingerprint density at radius 1 is 1.39 bits per heavy atom. The van der Waals surface area contributed by atoms with Gasteiger partial charge in [-0.3, -0.25) is 9.59 Å². The van der Waals surface area contributed by atoms with Crippen LogP contribution < -0.4 is 10.6 Å². The van der Waals surface area contributed by atoms with Crippen molar-refractivity contribution in [1.29, 1.82) is 0 Å². The number of nitrogens with one attached hydrogen (secondary N) is 2. The van der Waals surface area contributed by atoms with E-state index < -0.39 is 17.6 Å². The van der Waals surface area contributed by atoms with Crippen molar-refractivity contribution in [3.63, 3.8) is 0 Å². The van der Waals surface area contributed by atoms with Crippen LogP contribution in [-0.2, 0) is 4.79 Å². The van der Waals surface area contributed by atoms with Gasteiger partial charge in [-0.05, 0) is 19.1 Å². The summed E-state index contributed by atoms with van der Waals surface area (Å²) >= 11 is 0. The number of carbonyl (C=O) groups excluding carboxylic acids is 2. The molecule has 0 heterocycles. The number of halogens is 1. The maximum atomic E-state index is 13.2. The van der Waals surface area contributed by atoms with Gasteiger partial charge in [0.25, 0.3) is 5.91 Å². The normalized spacial score (nSPS) is 11.7. The van der Waals surface area contributed by atoms with Crippen molar-refractivity contribution < 1.29 is 19.1 Å². The van der Waals surface area contributed by atoms with E-state index in [1.807, 2.05) is 0 Å². The van der Waals surface area contributed by atoms with Crippen LogP contribution in [-0.4, -0.2) is 36.1 Å². The van der Waals surface area contributed by atoms with Crippen LogP contribution in [0.15, 0.2) is 24.3 Å². The quantitative estimate of drug-likeness (QED) is 0.695. The highest BCUT2D eigenvalue weighted by atomic mass is 19.1. The summed E-state index contributed by atoms with van der Waals surface area (Å²) in [5.41, 5.74) is -0.111. The lowest BCUT2D eigenvalue weighted by molar-refractivity contribution is -0.121. The molecule has 18 heavy (non-hydrogen) atoms. The highest BCUT2D eigenvalue weighted by Gasteiger charge is 2.12. The van der Waals surface area contributed by atoms with E-state index in [0.717, 1.165) is 0 Å². The summed E-state index contributed by atoms with van der Waals surface area (Å²) in [5.74, 6) is -1.74. The van der Waals surface area contributed by atoms with Crippen LogP contribution in [0.5, 0.6) is 0 Å². The standard InChI is InChI=1S/C12H15FN2O3/c1-8(7-16)15-11(17)6-14-12(18)9-4-2-3-5-10(9)13/h2-5,8,16H,6-7H2,1H3,(H,14,18)(H,15,17)/t8-/m0/s1. The summed E-state index contributed by atoms with van der Waals surface area (Å²) in [6.07, 6.45) is 0. The summed E-state index contributed by atoms with van der Waals surface area (Å²) in [5, 5.41) is 13.5. The molecule has 1 aromatic rings. The molecule has 0 aliphatic carbocycles. The molecule has 0 saturated heterocycles. The molecule has 0 radical (unpaired) electrons. The highest BCUT2D eigenvalue weighted by Crippen LogP contribution is 2.05. The average molecular weight is 254 g/mol. The largest absolute Gasteiger partial charge is 0.394 e. The second-order valence-corrected chi connectivity index (χ2v) is 3.81. The minimum atomic E-state index is -0.653. The van der Waals surface area contributed by atoms with Crippen LogP contribution in [0.3, 0.4) is 0 Å². The molecule has 3 N–H and O–H groups in total. The molecule has 0 aliphatic heterocycles. The SMILES string of the molecule is C[C@@H](CO)NC(=O)CNC(=O)c1ccccc1F. The Morgan fingerprint density at radius 3 is 2.67 bits per heavy atom. The smallest absolute Gasteiger partial charge is 0.254 e. The Kier molecular flexibility index (Phi) is 5.26. The fourth-order valence-electron chi connectivity index (χ4n) is 1.27. The minimum absolute atomic E-state index is 0.111. The molecule has 0 bridgehead atoms. The van der Waals surface area contributed by atoms with E-state index in [9.17, 15) is 14.0 Å². The first-order chi connectivity index (χ1) is 8.54. The molecular weight excluding hydrogens is 239 g/mol. The van der Waals surface area contributed by atoms with Crippen molar-refractivity contribution in [2.24, 2.45) is 0 Å². The second kappa shape index (κ2) is 6.70. The van der Waals surface area contributed by atoms with Crippen molar-refractivity contribution in [2.45, 2.75) is 13.0 Å². The van der Waals surface area contributed by atoms with Crippen LogP contribution in [0.1, 0.15) is 17.3 Å². The molecule has 1 atom stereocenters. The second-order valence-electron chi connectivity index (χ2n) is 3.81. The zero-order valence-electron chi connectivity index (χ0n) is 9.94. The third-order valence-electron chi connectivity index (χ3n) is 2.21. The summed E-state index contributed by atoms with van der Waals surface area (Å²) in [6, 6.07) is 5.12. The van der Waals surface area contributed by atoms with Crippen molar-refractivity contribution >= 4 is 11.8 Å². The van der Waals surface area contributed by atoms with Crippen LogP contribution in [0, 0.1) is 5.82 Å². The first-order valence-corrected chi connectivity index (χ1v) is 5.47. The minimum Gasteiger partial charge on any atom is -0.394 e. The van der Waals surface area contributed by atoms with Gasteiger partial charge in [-0.2, -0.15) is 0 Å². The van der Waals surface area contributed by atoms with E-state index in [2.05, 4.69) is 10.6 Å². The third kappa shape index (κ3) is 4.14. The van der Waals surface area contributed by atoms with E-state index in [1.165, 1.54) is 24.3 Å². The van der Waals surface area contributed by atoms with E-state index in [4.69, 9.17) is 5.11 Å². The first kappa shape index (κ1) is 14.1. The number of aliphatic hydroxyl groups excluding tert-OH is 1. The maximum Gasteiger partial charge on any atom is 0.254 e. The first-order valence-electron chi connectivity index (χ1n) is 5.47. The van der Waals surface area contributed by atoms with E-state index in [1.54, 1.807) is 6.92 Å². The fourth-order valence-corrected chi connectivity index (χ4v) is 1.27. The predicted octanol–water partition coefficient (Wildman–Crippen LogP) is 0.0525. The van der Waals surface area contributed by atoms with E-state index >= 15 is 0 Å². The van der Waals surface area contributed by atoms with Gasteiger partial charge >= 0.3 is 0 Å². The molecule has 0 aliphatic rings. The van der Waals surface area contributed by atoms with Crippen LogP contribution in [0.25, 0.3) is 0 Å². The molecule has 6 heteroatoms. The summed E-state index contributed by atoms with van der Waals surface area (Å²) in [7, 11) is 0. The molecule has 0 saturated carbocycles. The van der Waals surface area contributed by atoms with E-state index in [0.29, 0.717) is 0 Å². The monoisotopic (exact) mass is 254 g/mol. The van der Waals surface area contributed by atoms with Gasteiger partial charge in [-0.25, -0.2) is 4.39 Å². The van der Waals surface area contributed by atoms with Crippen LogP contribution >= 0.6 is 0 Å². The molecule has 0 spiro atoms. The van der Waals surface area contributed by atoms with Crippen molar-refractivity contribution in [3.8, 4) is 0 Å². The molecule has 5 nitrogen and oxygen atoms in total. The van der Waals surface area contributed by atoms with Gasteiger partial charge in [0.1, 0.15) is 5.82 Å². The Bertz CT molecular complexity index is 437. The topological polar surface area (TPSA) is 78.4 Å². The van der Waals surface area contributed by atoms with Gasteiger partial charge in [-0.15, -0.1) is 0 Å². The average Bonchev–Trinajstić information content (AvgIpc) is 2.36. The molecular formula is C12H15FN2O3. The number of benzene rings is 1. The third-order valence-corrected chi connectivity index (χ3v) is 2.21. The Balaban J connectivity index is 2.47. The molecule has 1 aromatic carbocycles. The van der Waals surface area contributed by atoms with Gasteiger partial charge in [0, 0.05) is 6.04 Å². The van der Waals surface area contributed by atoms with Crippen LogP contribution in [0.4, 0.5) is 4.39 Å². The summed E-state index contributed by atoms with van der Waals surface area (Å²) in [6.45, 7) is 1.17. The Labute approximate surface area is 104 Å². The van der Waals surface area contributed by atoms with Crippen molar-refractivity contribution in [1.82, 2.24) is 10.6 Å². The lowest BCUT2D eigenvalue weighted by Gasteiger charge is -2.11. The number of carbonyl (C=O) groups is 2. The Morgan fingerprint density at radius 2 is 2.06 bits per heavy atom. The zero-order valence-corrected chi connectivity index (χ0v) is 9.94. The maximum absolute atomic E-state index is 13.2. The van der Waals surface area contributed by atoms with Gasteiger partial charge in [-0.1, -0.05) is 12.1 Å². The van der Waals surface area contributed by atoms with Gasteiger partial charge < -0.3 is 15.7 Å². The molecule has 0 aromatic heterocycles. The molecule has 0 unspecified atom stereocenters. The molecule has 98 valence electrons. The fraction of sp³-hybridized carbons (Fsp3) is 0.333. The lowest BCUT2D eigenvalue weighted by atomic mass is 10.2. The van der Waals surface area contributed by atoms with E-state index in [-0.39, 0.29) is 24.8 Å². The Hall–Kier alpha value is -1.95. The predicted molar refractivity (Wildman–Crippen MR) is 63.4 cm³/mol. The number of hydrogen-bond donors (Lipinski definition) is 3. The molecule has 1 rings (SSSR count). The number of hydrogen-bond acceptors (Lipinski definition) is 3. The van der Waals surface area contributed by atoms with Crippen LogP contribution in [0.2, 0.25) is 0 Å². The number of rotatable bonds is 5. The molecule has 2 amide bonds. The van der Waals surface area contributed by atoms with Gasteiger partial charge in [0.05, 0.1) is 18.7 Å². The van der Waals surface area contributed by atoms with Crippen molar-refractivity contribution in [2.75, 3.05) is 13.2 Å².